The van der Waals surface area contributed by atoms with Gasteiger partial charge < -0.3 is 14.5 Å². The zero-order valence-corrected chi connectivity index (χ0v) is 13.6. The van der Waals surface area contributed by atoms with E-state index in [1.165, 1.54) is 4.90 Å². The number of carbonyl (C=O) groups excluding carboxylic acids is 3. The first kappa shape index (κ1) is 16.1. The molecule has 2 amide bonds. The second-order valence-corrected chi connectivity index (χ2v) is 6.92. The van der Waals surface area contributed by atoms with E-state index in [4.69, 9.17) is 4.74 Å². The third-order valence-corrected chi connectivity index (χ3v) is 5.55. The number of ether oxygens (including phenoxy) is 1. The summed E-state index contributed by atoms with van der Waals surface area (Å²) in [6.07, 6.45) is 1.28. The molecule has 2 saturated heterocycles. The fraction of sp³-hybridized carbons (Fsp3) is 0.786. The molecule has 0 aromatic rings. The second-order valence-electron chi connectivity index (χ2n) is 5.42. The topological polar surface area (TPSA) is 66.9 Å². The lowest BCUT2D eigenvalue weighted by Gasteiger charge is -2.32. The summed E-state index contributed by atoms with van der Waals surface area (Å²) in [6.45, 7) is 6.24. The van der Waals surface area contributed by atoms with Crippen LogP contribution in [-0.2, 0) is 19.1 Å². The van der Waals surface area contributed by atoms with Gasteiger partial charge in [0.1, 0.15) is 12.6 Å². The maximum atomic E-state index is 12.7. The number of likely N-dealkylation sites (N-methyl/N-ethyl adjacent to an activating group) is 1. The average molecular weight is 314 g/mol. The van der Waals surface area contributed by atoms with Crippen LogP contribution in [0.25, 0.3) is 0 Å². The van der Waals surface area contributed by atoms with Crippen molar-refractivity contribution in [2.24, 2.45) is 0 Å². The maximum absolute atomic E-state index is 12.7. The molecule has 2 atom stereocenters. The number of rotatable bonds is 5. The Bertz CT molecular complexity index is 456. The van der Waals surface area contributed by atoms with Crippen molar-refractivity contribution in [3.8, 4) is 0 Å². The molecule has 2 aliphatic rings. The summed E-state index contributed by atoms with van der Waals surface area (Å²) in [6, 6.07) is -0.454. The minimum Gasteiger partial charge on any atom is -0.465 e. The van der Waals surface area contributed by atoms with Crippen LogP contribution in [0.4, 0.5) is 0 Å². The summed E-state index contributed by atoms with van der Waals surface area (Å²) in [7, 11) is 0. The van der Waals surface area contributed by atoms with E-state index in [1.807, 2.05) is 13.8 Å². The van der Waals surface area contributed by atoms with Crippen LogP contribution in [0.2, 0.25) is 0 Å². The fourth-order valence-electron chi connectivity index (χ4n) is 2.92. The zero-order valence-electron chi connectivity index (χ0n) is 12.8. The highest BCUT2D eigenvalue weighted by atomic mass is 32.2. The van der Waals surface area contributed by atoms with Crippen molar-refractivity contribution < 1.29 is 19.1 Å². The van der Waals surface area contributed by atoms with Crippen molar-refractivity contribution in [1.82, 2.24) is 9.80 Å². The van der Waals surface area contributed by atoms with Crippen LogP contribution in [0.1, 0.15) is 33.6 Å². The van der Waals surface area contributed by atoms with Crippen LogP contribution in [0.5, 0.6) is 0 Å². The molecule has 0 radical (unpaired) electrons. The molecule has 2 aliphatic heterocycles. The SMILES string of the molecule is CCOC(=O)CN(CC)C(=O)C1CSC2(C)CCC(=O)N12. The molecule has 0 aliphatic carbocycles. The molecular formula is C14H22N2O4S. The summed E-state index contributed by atoms with van der Waals surface area (Å²) < 4.78 is 4.90. The van der Waals surface area contributed by atoms with Gasteiger partial charge in [0.15, 0.2) is 0 Å². The van der Waals surface area contributed by atoms with E-state index in [0.29, 0.717) is 25.3 Å². The van der Waals surface area contributed by atoms with E-state index >= 15 is 0 Å². The van der Waals surface area contributed by atoms with Crippen LogP contribution in [0.15, 0.2) is 0 Å². The van der Waals surface area contributed by atoms with E-state index < -0.39 is 12.0 Å². The van der Waals surface area contributed by atoms with Crippen molar-refractivity contribution in [3.05, 3.63) is 0 Å². The molecule has 0 aromatic carbocycles. The molecule has 0 bridgehead atoms. The van der Waals surface area contributed by atoms with Crippen molar-refractivity contribution in [2.75, 3.05) is 25.4 Å². The first-order chi connectivity index (χ1) is 9.92. The number of carbonyl (C=O) groups is 3. The van der Waals surface area contributed by atoms with Crippen molar-refractivity contribution in [3.63, 3.8) is 0 Å². The van der Waals surface area contributed by atoms with Crippen molar-refractivity contribution in [2.45, 2.75) is 44.5 Å². The number of fused-ring (bicyclic) bond motifs is 1. The third kappa shape index (κ3) is 3.02. The highest BCUT2D eigenvalue weighted by Gasteiger charge is 2.53. The van der Waals surface area contributed by atoms with Gasteiger partial charge >= 0.3 is 5.97 Å². The Hall–Kier alpha value is -1.24. The van der Waals surface area contributed by atoms with Gasteiger partial charge in [-0.15, -0.1) is 11.8 Å². The third-order valence-electron chi connectivity index (χ3n) is 4.05. The Balaban J connectivity index is 2.08. The molecule has 6 nitrogen and oxygen atoms in total. The van der Waals surface area contributed by atoms with Crippen LogP contribution < -0.4 is 0 Å². The van der Waals surface area contributed by atoms with Gasteiger partial charge in [-0.05, 0) is 27.2 Å². The highest BCUT2D eigenvalue weighted by molar-refractivity contribution is 8.01. The van der Waals surface area contributed by atoms with E-state index in [2.05, 4.69) is 0 Å². The molecule has 2 rings (SSSR count). The Morgan fingerprint density at radius 1 is 1.48 bits per heavy atom. The first-order valence-electron chi connectivity index (χ1n) is 7.33. The van der Waals surface area contributed by atoms with Crippen LogP contribution in [-0.4, -0.2) is 63.9 Å². The monoisotopic (exact) mass is 314 g/mol. The van der Waals surface area contributed by atoms with Crippen LogP contribution in [0, 0.1) is 0 Å². The number of hydrogen-bond donors (Lipinski definition) is 0. The van der Waals surface area contributed by atoms with Gasteiger partial charge in [-0.25, -0.2) is 0 Å². The molecular weight excluding hydrogens is 292 g/mol. The lowest BCUT2D eigenvalue weighted by molar-refractivity contribution is -0.151. The molecule has 0 N–H and O–H groups in total. The predicted molar refractivity (Wildman–Crippen MR) is 79.6 cm³/mol. The molecule has 2 heterocycles. The Morgan fingerprint density at radius 2 is 2.19 bits per heavy atom. The molecule has 0 saturated carbocycles. The lowest BCUT2D eigenvalue weighted by atomic mass is 10.2. The second kappa shape index (κ2) is 6.25. The quantitative estimate of drug-likeness (QED) is 0.704. The van der Waals surface area contributed by atoms with E-state index in [-0.39, 0.29) is 23.2 Å². The summed E-state index contributed by atoms with van der Waals surface area (Å²) in [4.78, 5) is 39.2. The number of amides is 2. The molecule has 21 heavy (non-hydrogen) atoms. The summed E-state index contributed by atoms with van der Waals surface area (Å²) in [5, 5.41) is 0. The first-order valence-corrected chi connectivity index (χ1v) is 8.32. The Morgan fingerprint density at radius 3 is 2.81 bits per heavy atom. The smallest absolute Gasteiger partial charge is 0.325 e. The molecule has 118 valence electrons. The van der Waals surface area contributed by atoms with Gasteiger partial charge in [-0.3, -0.25) is 14.4 Å². The largest absolute Gasteiger partial charge is 0.465 e. The zero-order chi connectivity index (χ0) is 15.6. The van der Waals surface area contributed by atoms with Crippen LogP contribution >= 0.6 is 11.8 Å². The number of thioether (sulfide) groups is 1. The summed E-state index contributed by atoms with van der Waals surface area (Å²) in [5.74, 6) is 0.0688. The average Bonchev–Trinajstić information content (AvgIpc) is 2.93. The Kier molecular flexibility index (Phi) is 4.81. The minimum atomic E-state index is -0.454. The van der Waals surface area contributed by atoms with Gasteiger partial charge in [0, 0.05) is 18.7 Å². The van der Waals surface area contributed by atoms with Crippen LogP contribution in [0.3, 0.4) is 0 Å². The standard InChI is InChI=1S/C14H22N2O4S/c1-4-15(8-12(18)20-5-2)13(19)10-9-21-14(3)7-6-11(17)16(10)14/h10H,4-9H2,1-3H3. The van der Waals surface area contributed by atoms with Gasteiger partial charge in [0.2, 0.25) is 11.8 Å². The maximum Gasteiger partial charge on any atom is 0.325 e. The van der Waals surface area contributed by atoms with Crippen molar-refractivity contribution in [1.29, 1.82) is 0 Å². The van der Waals surface area contributed by atoms with Gasteiger partial charge in [0.25, 0.3) is 0 Å². The van der Waals surface area contributed by atoms with E-state index in [0.717, 1.165) is 6.42 Å². The van der Waals surface area contributed by atoms with Gasteiger partial charge in [-0.2, -0.15) is 0 Å². The number of esters is 1. The minimum absolute atomic E-state index is 0.0352. The molecule has 2 fully saturated rings. The van der Waals surface area contributed by atoms with Gasteiger partial charge in [0.05, 0.1) is 11.5 Å². The molecule has 0 aromatic heterocycles. The number of hydrogen-bond acceptors (Lipinski definition) is 5. The molecule has 0 spiro atoms. The van der Waals surface area contributed by atoms with E-state index in [1.54, 1.807) is 23.6 Å². The fourth-order valence-corrected chi connectivity index (χ4v) is 4.35. The summed E-state index contributed by atoms with van der Waals surface area (Å²) in [5.41, 5.74) is 0. The predicted octanol–water partition coefficient (Wildman–Crippen LogP) is 0.852. The van der Waals surface area contributed by atoms with E-state index in [9.17, 15) is 14.4 Å². The normalized spacial score (nSPS) is 27.7. The Labute approximate surface area is 129 Å². The van der Waals surface area contributed by atoms with Crippen molar-refractivity contribution >= 4 is 29.5 Å². The lowest BCUT2D eigenvalue weighted by Crippen LogP contribution is -2.52. The highest BCUT2D eigenvalue weighted by Crippen LogP contribution is 2.47. The molecule has 7 heteroatoms. The summed E-state index contributed by atoms with van der Waals surface area (Å²) >= 11 is 1.65. The number of nitrogens with zero attached hydrogens (tertiary/aromatic N) is 2. The molecule has 2 unspecified atom stereocenters. The van der Waals surface area contributed by atoms with Gasteiger partial charge in [-0.1, -0.05) is 0 Å².